The van der Waals surface area contributed by atoms with Crippen molar-refractivity contribution < 1.29 is 4.79 Å². The molecule has 1 heterocycles. The Bertz CT molecular complexity index is 488. The summed E-state index contributed by atoms with van der Waals surface area (Å²) in [5, 5.41) is 0. The van der Waals surface area contributed by atoms with Crippen LogP contribution in [0.4, 0.5) is 0 Å². The first-order chi connectivity index (χ1) is 7.18. The fourth-order valence-electron chi connectivity index (χ4n) is 1.33. The molecule has 2 rings (SSSR count). The zero-order chi connectivity index (χ0) is 10.8. The van der Waals surface area contributed by atoms with Crippen LogP contribution in [0.25, 0.3) is 5.69 Å². The first-order valence-corrected chi connectivity index (χ1v) is 5.28. The van der Waals surface area contributed by atoms with Gasteiger partial charge >= 0.3 is 0 Å². The number of nitrogens with zero attached hydrogens (tertiary/aromatic N) is 2. The third-order valence-corrected chi connectivity index (χ3v) is 2.73. The summed E-state index contributed by atoms with van der Waals surface area (Å²) >= 11 is 3.34. The SMILES string of the molecule is CC(=O)c1ccc(-n2ccnc2Br)cc1. The van der Waals surface area contributed by atoms with Gasteiger partial charge in [0.2, 0.25) is 0 Å². The highest BCUT2D eigenvalue weighted by atomic mass is 79.9. The van der Waals surface area contributed by atoms with Crippen molar-refractivity contribution in [3.05, 3.63) is 47.0 Å². The molecular weight excluding hydrogens is 256 g/mol. The van der Waals surface area contributed by atoms with Gasteiger partial charge in [-0.15, -0.1) is 0 Å². The number of imidazole rings is 1. The maximum absolute atomic E-state index is 11.1. The summed E-state index contributed by atoms with van der Waals surface area (Å²) in [6.07, 6.45) is 3.57. The van der Waals surface area contributed by atoms with Crippen molar-refractivity contribution >= 4 is 21.7 Å². The normalized spacial score (nSPS) is 10.3. The average molecular weight is 265 g/mol. The Morgan fingerprint density at radius 1 is 1.33 bits per heavy atom. The number of halogens is 1. The number of aromatic nitrogens is 2. The van der Waals surface area contributed by atoms with Gasteiger partial charge in [0.15, 0.2) is 10.5 Å². The summed E-state index contributed by atoms with van der Waals surface area (Å²) in [6.45, 7) is 1.56. The van der Waals surface area contributed by atoms with E-state index in [0.717, 1.165) is 16.0 Å². The Labute approximate surface area is 95.9 Å². The van der Waals surface area contributed by atoms with E-state index in [-0.39, 0.29) is 5.78 Å². The Morgan fingerprint density at radius 2 is 2.00 bits per heavy atom. The van der Waals surface area contributed by atoms with Crippen LogP contribution in [0.3, 0.4) is 0 Å². The molecule has 1 aromatic heterocycles. The number of carbonyl (C=O) groups excluding carboxylic acids is 1. The molecule has 0 spiro atoms. The van der Waals surface area contributed by atoms with Crippen molar-refractivity contribution in [2.75, 3.05) is 0 Å². The number of rotatable bonds is 2. The van der Waals surface area contributed by atoms with Crippen LogP contribution in [-0.4, -0.2) is 15.3 Å². The van der Waals surface area contributed by atoms with Gasteiger partial charge in [0.25, 0.3) is 0 Å². The zero-order valence-corrected chi connectivity index (χ0v) is 9.73. The second-order valence-corrected chi connectivity index (χ2v) is 3.88. The molecule has 0 aliphatic heterocycles. The average Bonchev–Trinajstić information content (AvgIpc) is 2.65. The summed E-state index contributed by atoms with van der Waals surface area (Å²) in [5.74, 6) is 0.0752. The fourth-order valence-corrected chi connectivity index (χ4v) is 1.78. The molecule has 0 saturated carbocycles. The van der Waals surface area contributed by atoms with E-state index in [1.807, 2.05) is 35.0 Å². The summed E-state index contributed by atoms with van der Waals surface area (Å²) < 4.78 is 2.64. The second-order valence-electron chi connectivity index (χ2n) is 3.17. The van der Waals surface area contributed by atoms with Gasteiger partial charge in [-0.05, 0) is 47.1 Å². The summed E-state index contributed by atoms with van der Waals surface area (Å²) in [5.41, 5.74) is 1.69. The molecular formula is C11H9BrN2O. The van der Waals surface area contributed by atoms with Crippen molar-refractivity contribution in [1.29, 1.82) is 0 Å². The molecule has 0 radical (unpaired) electrons. The molecule has 0 N–H and O–H groups in total. The van der Waals surface area contributed by atoms with Gasteiger partial charge < -0.3 is 0 Å². The first-order valence-electron chi connectivity index (χ1n) is 4.49. The van der Waals surface area contributed by atoms with Gasteiger partial charge in [0.05, 0.1) is 0 Å². The van der Waals surface area contributed by atoms with Crippen molar-refractivity contribution in [2.24, 2.45) is 0 Å². The van der Waals surface area contributed by atoms with E-state index in [2.05, 4.69) is 20.9 Å². The lowest BCUT2D eigenvalue weighted by atomic mass is 10.1. The molecule has 3 nitrogen and oxygen atoms in total. The minimum absolute atomic E-state index is 0.0752. The van der Waals surface area contributed by atoms with Gasteiger partial charge in [-0.25, -0.2) is 4.98 Å². The van der Waals surface area contributed by atoms with Crippen LogP contribution in [0.1, 0.15) is 17.3 Å². The highest BCUT2D eigenvalue weighted by Crippen LogP contribution is 2.15. The summed E-state index contributed by atoms with van der Waals surface area (Å²) in [7, 11) is 0. The molecule has 0 fully saturated rings. The third-order valence-electron chi connectivity index (χ3n) is 2.15. The molecule has 15 heavy (non-hydrogen) atoms. The number of hydrogen-bond acceptors (Lipinski definition) is 2. The lowest BCUT2D eigenvalue weighted by molar-refractivity contribution is 0.101. The lowest BCUT2D eigenvalue weighted by Crippen LogP contribution is -1.95. The molecule has 0 aliphatic carbocycles. The molecule has 0 amide bonds. The Kier molecular flexibility index (Phi) is 2.68. The van der Waals surface area contributed by atoms with Crippen LogP contribution in [0.2, 0.25) is 0 Å². The number of carbonyl (C=O) groups is 1. The van der Waals surface area contributed by atoms with Crippen LogP contribution in [0, 0.1) is 0 Å². The Morgan fingerprint density at radius 3 is 2.47 bits per heavy atom. The number of Topliss-reactive ketones (excluding diaryl/α,β-unsaturated/α-hetero) is 1. The fraction of sp³-hybridized carbons (Fsp3) is 0.0909. The Hall–Kier alpha value is -1.42. The predicted molar refractivity (Wildman–Crippen MR) is 61.3 cm³/mol. The van der Waals surface area contributed by atoms with Crippen LogP contribution in [0.5, 0.6) is 0 Å². The monoisotopic (exact) mass is 264 g/mol. The summed E-state index contributed by atoms with van der Waals surface area (Å²) in [4.78, 5) is 15.1. The van der Waals surface area contributed by atoms with E-state index in [1.165, 1.54) is 0 Å². The zero-order valence-electron chi connectivity index (χ0n) is 8.14. The van der Waals surface area contributed by atoms with E-state index in [0.29, 0.717) is 0 Å². The molecule has 1 aromatic carbocycles. The van der Waals surface area contributed by atoms with Gasteiger partial charge in [-0.2, -0.15) is 0 Å². The minimum atomic E-state index is 0.0752. The maximum Gasteiger partial charge on any atom is 0.181 e. The molecule has 76 valence electrons. The number of hydrogen-bond donors (Lipinski definition) is 0. The van der Waals surface area contributed by atoms with Gasteiger partial charge in [0, 0.05) is 23.6 Å². The maximum atomic E-state index is 11.1. The van der Waals surface area contributed by atoms with Crippen LogP contribution < -0.4 is 0 Å². The summed E-state index contributed by atoms with van der Waals surface area (Å²) in [6, 6.07) is 7.40. The topological polar surface area (TPSA) is 34.9 Å². The smallest absolute Gasteiger partial charge is 0.181 e. The number of ketones is 1. The van der Waals surface area contributed by atoms with Crippen molar-refractivity contribution in [1.82, 2.24) is 9.55 Å². The van der Waals surface area contributed by atoms with E-state index >= 15 is 0 Å². The van der Waals surface area contributed by atoms with E-state index < -0.39 is 0 Å². The largest absolute Gasteiger partial charge is 0.295 e. The number of benzene rings is 1. The van der Waals surface area contributed by atoms with E-state index in [9.17, 15) is 4.79 Å². The Balaban J connectivity index is 2.40. The van der Waals surface area contributed by atoms with Crippen molar-refractivity contribution in [2.45, 2.75) is 6.92 Å². The quantitative estimate of drug-likeness (QED) is 0.782. The van der Waals surface area contributed by atoms with Gasteiger partial charge in [-0.3, -0.25) is 9.36 Å². The standard InChI is InChI=1S/C11H9BrN2O/c1-8(15)9-2-4-10(5-3-9)14-7-6-13-11(14)12/h2-7H,1H3. The minimum Gasteiger partial charge on any atom is -0.295 e. The highest BCUT2D eigenvalue weighted by Gasteiger charge is 2.02. The third kappa shape index (κ3) is 1.99. The first kappa shape index (κ1) is 10.1. The highest BCUT2D eigenvalue weighted by molar-refractivity contribution is 9.10. The van der Waals surface area contributed by atoms with Crippen LogP contribution in [0.15, 0.2) is 41.4 Å². The molecule has 0 saturated heterocycles. The molecule has 0 unspecified atom stereocenters. The molecule has 0 bridgehead atoms. The van der Waals surface area contributed by atoms with Crippen molar-refractivity contribution in [3.8, 4) is 5.69 Å². The lowest BCUT2D eigenvalue weighted by Gasteiger charge is -2.04. The predicted octanol–water partition coefficient (Wildman–Crippen LogP) is 2.84. The van der Waals surface area contributed by atoms with E-state index in [1.54, 1.807) is 13.1 Å². The van der Waals surface area contributed by atoms with Crippen LogP contribution in [-0.2, 0) is 0 Å². The van der Waals surface area contributed by atoms with Crippen LogP contribution >= 0.6 is 15.9 Å². The van der Waals surface area contributed by atoms with Gasteiger partial charge in [-0.1, -0.05) is 0 Å². The molecule has 0 aliphatic rings. The molecule has 2 aromatic rings. The molecule has 0 atom stereocenters. The van der Waals surface area contributed by atoms with Gasteiger partial charge in [0.1, 0.15) is 0 Å². The van der Waals surface area contributed by atoms with Crippen molar-refractivity contribution in [3.63, 3.8) is 0 Å². The van der Waals surface area contributed by atoms with E-state index in [4.69, 9.17) is 0 Å². The second kappa shape index (κ2) is 3.98. The molecule has 4 heteroatoms.